The number of nitrogen functional groups attached to an aromatic ring is 1. The normalized spacial score (nSPS) is 9.77. The summed E-state index contributed by atoms with van der Waals surface area (Å²) >= 11 is 0. The van der Waals surface area contributed by atoms with Crippen LogP contribution in [0, 0.1) is 0 Å². The largest absolute Gasteiger partial charge is 0.420 e. The lowest BCUT2D eigenvalue weighted by Crippen LogP contribution is -2.11. The maximum Gasteiger partial charge on any atom is 0.420 e. The summed E-state index contributed by atoms with van der Waals surface area (Å²) in [6.07, 6.45) is 2.69. The molecular formula is C8H15N3O2. The SMILES string of the molecule is CC.Cn1c(N)c(/C=C\N)oc1=O. The zero-order chi connectivity index (χ0) is 10.4. The molecule has 0 aliphatic rings. The molecule has 1 aromatic rings. The van der Waals surface area contributed by atoms with Gasteiger partial charge in [0.1, 0.15) is 0 Å². The van der Waals surface area contributed by atoms with Crippen LogP contribution in [0.4, 0.5) is 5.82 Å². The van der Waals surface area contributed by atoms with Crippen molar-refractivity contribution in [3.05, 3.63) is 22.5 Å². The Hall–Kier alpha value is -1.65. The van der Waals surface area contributed by atoms with Crippen LogP contribution in [0.2, 0.25) is 0 Å². The second-order valence-corrected chi connectivity index (χ2v) is 2.04. The van der Waals surface area contributed by atoms with E-state index in [9.17, 15) is 4.79 Å². The van der Waals surface area contributed by atoms with Crippen LogP contribution in [0.25, 0.3) is 6.08 Å². The molecule has 5 heteroatoms. The van der Waals surface area contributed by atoms with Crippen LogP contribution in [0.5, 0.6) is 0 Å². The number of oxazole rings is 1. The molecule has 0 atom stereocenters. The molecule has 0 bridgehead atoms. The number of hydrogen-bond acceptors (Lipinski definition) is 4. The molecule has 0 spiro atoms. The molecule has 4 N–H and O–H groups in total. The van der Waals surface area contributed by atoms with E-state index >= 15 is 0 Å². The van der Waals surface area contributed by atoms with Crippen LogP contribution in [-0.2, 0) is 7.05 Å². The predicted octanol–water partition coefficient (Wildman–Crippen LogP) is 0.516. The van der Waals surface area contributed by atoms with E-state index in [0.29, 0.717) is 5.76 Å². The van der Waals surface area contributed by atoms with E-state index < -0.39 is 5.76 Å². The first kappa shape index (κ1) is 11.4. The fourth-order valence-electron chi connectivity index (χ4n) is 0.685. The van der Waals surface area contributed by atoms with Gasteiger partial charge in [-0.3, -0.25) is 4.57 Å². The minimum Gasteiger partial charge on any atom is -0.406 e. The van der Waals surface area contributed by atoms with Crippen LogP contribution in [0.15, 0.2) is 15.4 Å². The Morgan fingerprint density at radius 2 is 2.00 bits per heavy atom. The summed E-state index contributed by atoms with van der Waals surface area (Å²) in [6, 6.07) is 0. The second-order valence-electron chi connectivity index (χ2n) is 2.04. The Morgan fingerprint density at radius 3 is 2.31 bits per heavy atom. The molecule has 1 rings (SSSR count). The summed E-state index contributed by atoms with van der Waals surface area (Å²) in [6.45, 7) is 4.00. The predicted molar refractivity (Wildman–Crippen MR) is 52.9 cm³/mol. The summed E-state index contributed by atoms with van der Waals surface area (Å²) in [5, 5.41) is 0. The first-order chi connectivity index (χ1) is 6.16. The van der Waals surface area contributed by atoms with Crippen LogP contribution >= 0.6 is 0 Å². The summed E-state index contributed by atoms with van der Waals surface area (Å²) in [5.41, 5.74) is 10.5. The number of aromatic nitrogens is 1. The van der Waals surface area contributed by atoms with E-state index in [1.165, 1.54) is 23.9 Å². The van der Waals surface area contributed by atoms with Crippen molar-refractivity contribution in [2.24, 2.45) is 12.8 Å². The van der Waals surface area contributed by atoms with Gasteiger partial charge < -0.3 is 15.9 Å². The summed E-state index contributed by atoms with van der Waals surface area (Å²) in [4.78, 5) is 10.8. The van der Waals surface area contributed by atoms with Crippen molar-refractivity contribution in [2.75, 3.05) is 5.73 Å². The first-order valence-electron chi connectivity index (χ1n) is 4.00. The number of rotatable bonds is 1. The van der Waals surface area contributed by atoms with Crippen LogP contribution < -0.4 is 17.2 Å². The van der Waals surface area contributed by atoms with E-state index in [2.05, 4.69) is 0 Å². The molecule has 0 fully saturated rings. The van der Waals surface area contributed by atoms with E-state index in [0.717, 1.165) is 0 Å². The highest BCUT2D eigenvalue weighted by Crippen LogP contribution is 2.08. The number of nitrogens with zero attached hydrogens (tertiary/aromatic N) is 1. The van der Waals surface area contributed by atoms with E-state index in [1.54, 1.807) is 0 Å². The minimum absolute atomic E-state index is 0.275. The van der Waals surface area contributed by atoms with Gasteiger partial charge in [-0.25, -0.2) is 4.79 Å². The maximum atomic E-state index is 10.8. The third-order valence-corrected chi connectivity index (χ3v) is 1.33. The Bertz CT molecular complexity index is 336. The number of anilines is 1. The van der Waals surface area contributed by atoms with Crippen LogP contribution in [0.3, 0.4) is 0 Å². The van der Waals surface area contributed by atoms with Gasteiger partial charge in [0.15, 0.2) is 11.6 Å². The van der Waals surface area contributed by atoms with Gasteiger partial charge in [-0.2, -0.15) is 0 Å². The third-order valence-electron chi connectivity index (χ3n) is 1.33. The Labute approximate surface area is 76.6 Å². The van der Waals surface area contributed by atoms with Gasteiger partial charge in [0.2, 0.25) is 0 Å². The Balaban J connectivity index is 0.000000671. The number of nitrogens with two attached hydrogens (primary N) is 2. The first-order valence-corrected chi connectivity index (χ1v) is 4.00. The zero-order valence-corrected chi connectivity index (χ0v) is 8.07. The average Bonchev–Trinajstić information content (AvgIpc) is 2.38. The fourth-order valence-corrected chi connectivity index (χ4v) is 0.685. The van der Waals surface area contributed by atoms with Crippen molar-refractivity contribution in [3.8, 4) is 0 Å². The van der Waals surface area contributed by atoms with Gasteiger partial charge in [-0.1, -0.05) is 13.8 Å². The molecule has 1 aromatic heterocycles. The number of hydrogen-bond donors (Lipinski definition) is 2. The van der Waals surface area contributed by atoms with Crippen molar-refractivity contribution in [1.82, 2.24) is 4.57 Å². The molecule has 74 valence electrons. The molecule has 1 heterocycles. The summed E-state index contributed by atoms with van der Waals surface area (Å²) in [7, 11) is 1.52. The van der Waals surface area contributed by atoms with Crippen molar-refractivity contribution in [3.63, 3.8) is 0 Å². The molecule has 5 nitrogen and oxygen atoms in total. The third kappa shape index (κ3) is 2.40. The quantitative estimate of drug-likeness (QED) is 0.667. The molecule has 0 aromatic carbocycles. The van der Waals surface area contributed by atoms with Gasteiger partial charge in [-0.05, 0) is 6.20 Å². The molecule has 0 saturated carbocycles. The van der Waals surface area contributed by atoms with Gasteiger partial charge in [0.05, 0.1) is 0 Å². The molecule has 0 saturated heterocycles. The van der Waals surface area contributed by atoms with Crippen molar-refractivity contribution in [1.29, 1.82) is 0 Å². The molecule has 0 amide bonds. The van der Waals surface area contributed by atoms with Gasteiger partial charge in [-0.15, -0.1) is 0 Å². The second kappa shape index (κ2) is 5.08. The topological polar surface area (TPSA) is 87.2 Å². The molecule has 13 heavy (non-hydrogen) atoms. The lowest BCUT2D eigenvalue weighted by Gasteiger charge is -1.89. The van der Waals surface area contributed by atoms with E-state index in [-0.39, 0.29) is 5.82 Å². The molecule has 0 radical (unpaired) electrons. The van der Waals surface area contributed by atoms with Crippen molar-refractivity contribution in [2.45, 2.75) is 13.8 Å². The Morgan fingerprint density at radius 1 is 1.46 bits per heavy atom. The lowest BCUT2D eigenvalue weighted by atomic mass is 10.4. The molecule has 0 unspecified atom stereocenters. The highest BCUT2D eigenvalue weighted by molar-refractivity contribution is 5.54. The highest BCUT2D eigenvalue weighted by Gasteiger charge is 2.06. The van der Waals surface area contributed by atoms with Crippen molar-refractivity contribution < 1.29 is 4.42 Å². The maximum absolute atomic E-state index is 10.8. The molecular weight excluding hydrogens is 170 g/mol. The van der Waals surface area contributed by atoms with Gasteiger partial charge >= 0.3 is 5.76 Å². The lowest BCUT2D eigenvalue weighted by molar-refractivity contribution is 0.487. The highest BCUT2D eigenvalue weighted by atomic mass is 16.4. The monoisotopic (exact) mass is 185 g/mol. The fraction of sp³-hybridized carbons (Fsp3) is 0.375. The van der Waals surface area contributed by atoms with Crippen molar-refractivity contribution >= 4 is 11.9 Å². The minimum atomic E-state index is -0.490. The molecule has 0 aliphatic heterocycles. The van der Waals surface area contributed by atoms with Gasteiger partial charge in [0.25, 0.3) is 0 Å². The molecule has 0 aliphatic carbocycles. The summed E-state index contributed by atoms with van der Waals surface area (Å²) in [5.74, 6) is 0.0762. The van der Waals surface area contributed by atoms with E-state index in [4.69, 9.17) is 15.9 Å². The average molecular weight is 185 g/mol. The van der Waals surface area contributed by atoms with E-state index in [1.807, 2.05) is 13.8 Å². The smallest absolute Gasteiger partial charge is 0.406 e. The summed E-state index contributed by atoms with van der Waals surface area (Å²) < 4.78 is 5.90. The van der Waals surface area contributed by atoms with Gasteiger partial charge in [0, 0.05) is 13.1 Å². The van der Waals surface area contributed by atoms with Crippen LogP contribution in [-0.4, -0.2) is 4.57 Å². The zero-order valence-electron chi connectivity index (χ0n) is 8.07. The standard InChI is InChI=1S/C6H9N3O2.C2H6/c1-9-5(8)4(2-3-7)11-6(9)10;1-2/h2-3H,7-8H2,1H3;1-2H3/b3-2-;. The van der Waals surface area contributed by atoms with Crippen LogP contribution in [0.1, 0.15) is 19.6 Å². The Kier molecular flexibility index (Phi) is 4.43.